The Labute approximate surface area is 248 Å². The van der Waals surface area contributed by atoms with Crippen molar-refractivity contribution < 1.29 is 22.7 Å². The second kappa shape index (κ2) is 13.4. The molecule has 0 bridgehead atoms. The third-order valence-corrected chi connectivity index (χ3v) is 8.40. The van der Waals surface area contributed by atoms with Crippen molar-refractivity contribution in [3.63, 3.8) is 0 Å². The maximum absolute atomic E-state index is 14.1. The number of nitrogens with zero attached hydrogens (tertiary/aromatic N) is 2. The number of ether oxygens (including phenoxy) is 1. The number of hydrogen-bond donors (Lipinski definition) is 1. The van der Waals surface area contributed by atoms with Crippen LogP contribution in [0.2, 0.25) is 5.02 Å². The summed E-state index contributed by atoms with van der Waals surface area (Å²) < 4.78 is 34.1. The predicted octanol–water partition coefficient (Wildman–Crippen LogP) is 5.57. The van der Waals surface area contributed by atoms with E-state index in [0.29, 0.717) is 17.2 Å². The molecule has 0 aromatic heterocycles. The molecule has 3 rings (SSSR count). The minimum atomic E-state index is -4.21. The fourth-order valence-corrected chi connectivity index (χ4v) is 5.89. The first kappa shape index (κ1) is 32.0. The van der Waals surface area contributed by atoms with Gasteiger partial charge >= 0.3 is 0 Å². The number of sulfonamides is 1. The van der Waals surface area contributed by atoms with Gasteiger partial charge in [-0.1, -0.05) is 54.4 Å². The Morgan fingerprint density at radius 1 is 1.00 bits per heavy atom. The Bertz CT molecular complexity index is 1450. The third-order valence-electron chi connectivity index (χ3n) is 6.38. The van der Waals surface area contributed by atoms with Crippen LogP contribution in [0.25, 0.3) is 0 Å². The van der Waals surface area contributed by atoms with E-state index in [1.807, 2.05) is 58.9 Å². The van der Waals surface area contributed by atoms with Crippen molar-refractivity contribution >= 4 is 39.1 Å². The molecule has 3 aromatic carbocycles. The largest absolute Gasteiger partial charge is 0.497 e. The van der Waals surface area contributed by atoms with E-state index in [0.717, 1.165) is 15.4 Å². The van der Waals surface area contributed by atoms with E-state index in [9.17, 15) is 18.0 Å². The average Bonchev–Trinajstić information content (AvgIpc) is 2.91. The Balaban J connectivity index is 2.07. The summed E-state index contributed by atoms with van der Waals surface area (Å²) in [6.07, 6.45) is 0.335. The van der Waals surface area contributed by atoms with Gasteiger partial charge < -0.3 is 15.0 Å². The number of hydrogen-bond acceptors (Lipinski definition) is 5. The van der Waals surface area contributed by atoms with Crippen molar-refractivity contribution in [2.45, 2.75) is 64.1 Å². The lowest BCUT2D eigenvalue weighted by molar-refractivity contribution is -0.141. The molecule has 0 saturated carbocycles. The van der Waals surface area contributed by atoms with E-state index in [4.69, 9.17) is 16.3 Å². The monoisotopic (exact) mass is 599 g/mol. The van der Waals surface area contributed by atoms with Gasteiger partial charge in [0.1, 0.15) is 18.3 Å². The molecule has 1 N–H and O–H groups in total. The minimum Gasteiger partial charge on any atom is -0.497 e. The highest BCUT2D eigenvalue weighted by Gasteiger charge is 2.34. The summed E-state index contributed by atoms with van der Waals surface area (Å²) in [7, 11) is -2.72. The van der Waals surface area contributed by atoms with E-state index >= 15 is 0 Å². The average molecular weight is 600 g/mol. The van der Waals surface area contributed by atoms with Gasteiger partial charge in [-0.15, -0.1) is 0 Å². The number of rotatable bonds is 11. The maximum Gasteiger partial charge on any atom is 0.264 e. The van der Waals surface area contributed by atoms with E-state index in [-0.39, 0.29) is 23.0 Å². The van der Waals surface area contributed by atoms with Crippen LogP contribution in [0.1, 0.15) is 45.2 Å². The number of benzene rings is 3. The third kappa shape index (κ3) is 8.47. The Morgan fingerprint density at radius 3 is 2.17 bits per heavy atom. The lowest BCUT2D eigenvalue weighted by Crippen LogP contribution is -2.55. The molecular formula is C31H38ClN3O5S. The molecule has 0 heterocycles. The number of carbonyl (C=O) groups excluding carboxylic acids is 2. The summed E-state index contributed by atoms with van der Waals surface area (Å²) in [5, 5.41) is 3.28. The van der Waals surface area contributed by atoms with Crippen molar-refractivity contribution in [1.82, 2.24) is 10.2 Å². The molecule has 0 saturated heterocycles. The van der Waals surface area contributed by atoms with Gasteiger partial charge in [-0.05, 0) is 82.1 Å². The highest BCUT2D eigenvalue weighted by molar-refractivity contribution is 7.92. The second-order valence-corrected chi connectivity index (χ2v) is 13.1. The molecule has 220 valence electrons. The Morgan fingerprint density at radius 2 is 1.63 bits per heavy atom. The zero-order chi connectivity index (χ0) is 30.4. The quantitative estimate of drug-likeness (QED) is 0.311. The molecule has 2 amide bonds. The fourth-order valence-electron chi connectivity index (χ4n) is 4.30. The van der Waals surface area contributed by atoms with Gasteiger partial charge in [-0.2, -0.15) is 0 Å². The summed E-state index contributed by atoms with van der Waals surface area (Å²) in [6, 6.07) is 19.1. The summed E-state index contributed by atoms with van der Waals surface area (Å²) in [6.45, 7) is 8.97. The van der Waals surface area contributed by atoms with E-state index in [2.05, 4.69) is 5.32 Å². The number of aryl methyl sites for hydroxylation is 1. The van der Waals surface area contributed by atoms with Crippen molar-refractivity contribution in [1.29, 1.82) is 0 Å². The molecule has 0 aliphatic rings. The van der Waals surface area contributed by atoms with Crippen LogP contribution in [0, 0.1) is 6.92 Å². The van der Waals surface area contributed by atoms with E-state index < -0.39 is 34.1 Å². The SMILES string of the molecule is CC[C@H](C(=O)NC(C)(C)C)N(Cc1ccc(C)cc1)C(=O)CN(c1cccc(Cl)c1)S(=O)(=O)c1ccc(OC)cc1. The molecule has 3 aromatic rings. The molecule has 10 heteroatoms. The van der Waals surface area contributed by atoms with Crippen LogP contribution < -0.4 is 14.4 Å². The first-order chi connectivity index (χ1) is 19.2. The zero-order valence-corrected chi connectivity index (χ0v) is 25.9. The standard InChI is InChI=1S/C31H38ClN3O5S/c1-7-28(30(37)33-31(3,4)5)34(20-23-13-11-22(2)12-14-23)29(36)21-35(25-10-8-9-24(32)19-25)41(38,39)27-17-15-26(40-6)16-18-27/h8-19,28H,7,20-21H2,1-6H3,(H,33,37)/t28-/m1/s1. The highest BCUT2D eigenvalue weighted by Crippen LogP contribution is 2.28. The number of anilines is 1. The normalized spacial score (nSPS) is 12.4. The van der Waals surface area contributed by atoms with E-state index in [1.165, 1.54) is 30.2 Å². The van der Waals surface area contributed by atoms with Crippen LogP contribution in [-0.2, 0) is 26.2 Å². The van der Waals surface area contributed by atoms with Crippen molar-refractivity contribution in [3.05, 3.63) is 88.9 Å². The highest BCUT2D eigenvalue weighted by atomic mass is 35.5. The molecule has 8 nitrogen and oxygen atoms in total. The number of halogens is 1. The zero-order valence-electron chi connectivity index (χ0n) is 24.3. The molecule has 0 spiro atoms. The Kier molecular flexibility index (Phi) is 10.4. The van der Waals surface area contributed by atoms with Gasteiger partial charge in [0.15, 0.2) is 0 Å². The summed E-state index contributed by atoms with van der Waals surface area (Å²) in [4.78, 5) is 28.9. The van der Waals surface area contributed by atoms with Gasteiger partial charge in [-0.25, -0.2) is 8.42 Å². The molecule has 1 atom stereocenters. The molecule has 0 radical (unpaired) electrons. The smallest absolute Gasteiger partial charge is 0.264 e. The summed E-state index contributed by atoms with van der Waals surface area (Å²) in [5.74, 6) is -0.347. The number of methoxy groups -OCH3 is 1. The fraction of sp³-hybridized carbons (Fsp3) is 0.355. The van der Waals surface area contributed by atoms with Crippen molar-refractivity contribution in [3.8, 4) is 5.75 Å². The van der Waals surface area contributed by atoms with Gasteiger partial charge in [0.2, 0.25) is 11.8 Å². The molecule has 41 heavy (non-hydrogen) atoms. The van der Waals surface area contributed by atoms with Gasteiger partial charge in [0.25, 0.3) is 10.0 Å². The first-order valence-electron chi connectivity index (χ1n) is 13.3. The minimum absolute atomic E-state index is 0.0197. The molecule has 0 fully saturated rings. The van der Waals surface area contributed by atoms with Crippen LogP contribution in [0.4, 0.5) is 5.69 Å². The molecule has 0 unspecified atom stereocenters. The Hall–Kier alpha value is -3.56. The van der Waals surface area contributed by atoms with Gasteiger partial charge in [-0.3, -0.25) is 13.9 Å². The second-order valence-electron chi connectivity index (χ2n) is 10.8. The van der Waals surface area contributed by atoms with Crippen molar-refractivity contribution in [2.24, 2.45) is 0 Å². The van der Waals surface area contributed by atoms with Crippen LogP contribution in [0.3, 0.4) is 0 Å². The maximum atomic E-state index is 14.1. The summed E-state index contributed by atoms with van der Waals surface area (Å²) >= 11 is 6.23. The summed E-state index contributed by atoms with van der Waals surface area (Å²) in [5.41, 5.74) is 1.58. The molecule has 0 aliphatic carbocycles. The first-order valence-corrected chi connectivity index (χ1v) is 15.2. The number of nitrogens with one attached hydrogen (secondary N) is 1. The topological polar surface area (TPSA) is 96.0 Å². The van der Waals surface area contributed by atoms with Gasteiger partial charge in [0, 0.05) is 17.1 Å². The van der Waals surface area contributed by atoms with Crippen LogP contribution in [-0.4, -0.2) is 50.4 Å². The number of amides is 2. The predicted molar refractivity (Wildman–Crippen MR) is 163 cm³/mol. The van der Waals surface area contributed by atoms with Crippen LogP contribution >= 0.6 is 11.6 Å². The van der Waals surface area contributed by atoms with E-state index in [1.54, 1.807) is 30.3 Å². The van der Waals surface area contributed by atoms with Crippen LogP contribution in [0.15, 0.2) is 77.7 Å². The lowest BCUT2D eigenvalue weighted by Gasteiger charge is -2.34. The number of carbonyl (C=O) groups is 2. The molecule has 0 aliphatic heterocycles. The van der Waals surface area contributed by atoms with Gasteiger partial charge in [0.05, 0.1) is 17.7 Å². The van der Waals surface area contributed by atoms with Crippen molar-refractivity contribution in [2.75, 3.05) is 18.0 Å². The lowest BCUT2D eigenvalue weighted by atomic mass is 10.1. The molecular weight excluding hydrogens is 562 g/mol. The van der Waals surface area contributed by atoms with Crippen LogP contribution in [0.5, 0.6) is 5.75 Å².